The molecule has 1 N–H and O–H groups in total. The second-order valence-corrected chi connectivity index (χ2v) is 4.97. The van der Waals surface area contributed by atoms with Crippen molar-refractivity contribution in [2.75, 3.05) is 5.32 Å². The van der Waals surface area contributed by atoms with E-state index in [4.69, 9.17) is 0 Å². The van der Waals surface area contributed by atoms with Crippen LogP contribution < -0.4 is 5.32 Å². The molecular weight excluding hydrogens is 347 g/mol. The molecule has 0 radical (unpaired) electrons. The van der Waals surface area contributed by atoms with Crippen molar-refractivity contribution in [1.82, 2.24) is 0 Å². The van der Waals surface area contributed by atoms with Gasteiger partial charge in [-0.2, -0.15) is 0 Å². The van der Waals surface area contributed by atoms with Crippen LogP contribution in [0.2, 0.25) is 0 Å². The average Bonchev–Trinajstić information content (AvgIpc) is 2.44. The maximum Gasteiger partial charge on any atom is 0.248 e. The highest BCUT2D eigenvalue weighted by Gasteiger charge is 2.09. The van der Waals surface area contributed by atoms with Gasteiger partial charge in [-0.1, -0.05) is 12.1 Å². The fourth-order valence-corrected chi connectivity index (χ4v) is 1.85. The van der Waals surface area contributed by atoms with Gasteiger partial charge < -0.3 is 5.32 Å². The minimum Gasteiger partial charge on any atom is -0.320 e. The zero-order valence-electron chi connectivity index (χ0n) is 10.5. The van der Waals surface area contributed by atoms with Crippen LogP contribution in [0.3, 0.4) is 0 Å². The van der Waals surface area contributed by atoms with Crippen LogP contribution in [0.5, 0.6) is 0 Å². The molecule has 0 bridgehead atoms. The Morgan fingerprint density at radius 1 is 1.05 bits per heavy atom. The quantitative estimate of drug-likeness (QED) is 0.636. The van der Waals surface area contributed by atoms with E-state index in [-0.39, 0.29) is 16.0 Å². The number of nitrogens with one attached hydrogen (secondary N) is 1. The smallest absolute Gasteiger partial charge is 0.248 e. The minimum atomic E-state index is -0.758. The molecule has 0 spiro atoms. The topological polar surface area (TPSA) is 29.1 Å². The first-order valence-corrected chi connectivity index (χ1v) is 6.64. The highest BCUT2D eigenvalue weighted by Crippen LogP contribution is 2.23. The zero-order valence-corrected chi connectivity index (χ0v) is 12.1. The number of carbonyl (C=O) groups excluding carboxylic acids is 1. The molecule has 0 aliphatic rings. The van der Waals surface area contributed by atoms with Crippen LogP contribution >= 0.6 is 15.9 Å². The Morgan fingerprint density at radius 3 is 2.38 bits per heavy atom. The Hall–Kier alpha value is -2.08. The number of halogens is 4. The summed E-state index contributed by atoms with van der Waals surface area (Å²) in [5.41, 5.74) is 0.346. The highest BCUT2D eigenvalue weighted by atomic mass is 79.9. The van der Waals surface area contributed by atoms with E-state index in [1.54, 1.807) is 0 Å². The molecule has 6 heteroatoms. The van der Waals surface area contributed by atoms with E-state index in [1.807, 2.05) is 0 Å². The number of benzene rings is 2. The van der Waals surface area contributed by atoms with Crippen molar-refractivity contribution in [2.24, 2.45) is 0 Å². The SMILES string of the molecule is O=C(/C=C/c1ccc(F)cc1)Nc1cc(F)c(Br)cc1F. The summed E-state index contributed by atoms with van der Waals surface area (Å²) >= 11 is 2.84. The highest BCUT2D eigenvalue weighted by molar-refractivity contribution is 9.10. The number of amides is 1. The van der Waals surface area contributed by atoms with Gasteiger partial charge in [-0.05, 0) is 45.8 Å². The number of hydrogen-bond acceptors (Lipinski definition) is 1. The van der Waals surface area contributed by atoms with E-state index >= 15 is 0 Å². The van der Waals surface area contributed by atoms with Crippen LogP contribution in [0.15, 0.2) is 46.9 Å². The molecule has 0 saturated heterocycles. The number of carbonyl (C=O) groups is 1. The molecule has 0 aromatic heterocycles. The number of anilines is 1. The van der Waals surface area contributed by atoms with E-state index in [0.717, 1.165) is 18.2 Å². The first-order valence-electron chi connectivity index (χ1n) is 5.85. The van der Waals surface area contributed by atoms with Gasteiger partial charge in [0.1, 0.15) is 17.5 Å². The summed E-state index contributed by atoms with van der Waals surface area (Å²) in [6.45, 7) is 0. The van der Waals surface area contributed by atoms with Gasteiger partial charge in [0.2, 0.25) is 5.91 Å². The predicted octanol–water partition coefficient (Wildman–Crippen LogP) is 4.52. The van der Waals surface area contributed by atoms with Gasteiger partial charge in [-0.25, -0.2) is 13.2 Å². The van der Waals surface area contributed by atoms with Crippen molar-refractivity contribution in [2.45, 2.75) is 0 Å². The summed E-state index contributed by atoms with van der Waals surface area (Å²) in [5, 5.41) is 2.22. The van der Waals surface area contributed by atoms with Gasteiger partial charge in [-0.15, -0.1) is 0 Å². The van der Waals surface area contributed by atoms with Crippen LogP contribution in [-0.2, 0) is 4.79 Å². The van der Waals surface area contributed by atoms with Crippen LogP contribution in [0.4, 0.5) is 18.9 Å². The Morgan fingerprint density at radius 2 is 1.71 bits per heavy atom. The maximum absolute atomic E-state index is 13.5. The molecule has 0 saturated carbocycles. The molecule has 2 nitrogen and oxygen atoms in total. The van der Waals surface area contributed by atoms with E-state index in [9.17, 15) is 18.0 Å². The minimum absolute atomic E-state index is 0.0279. The van der Waals surface area contributed by atoms with Crippen molar-refractivity contribution in [3.05, 3.63) is 70.0 Å². The third-order valence-electron chi connectivity index (χ3n) is 2.56. The molecule has 0 fully saturated rings. The lowest BCUT2D eigenvalue weighted by Crippen LogP contribution is -2.09. The monoisotopic (exact) mass is 355 g/mol. The van der Waals surface area contributed by atoms with Gasteiger partial charge >= 0.3 is 0 Å². The lowest BCUT2D eigenvalue weighted by molar-refractivity contribution is -0.111. The van der Waals surface area contributed by atoms with Crippen molar-refractivity contribution < 1.29 is 18.0 Å². The largest absolute Gasteiger partial charge is 0.320 e. The Labute approximate surface area is 127 Å². The van der Waals surface area contributed by atoms with Gasteiger partial charge in [0.15, 0.2) is 0 Å². The van der Waals surface area contributed by atoms with Crippen LogP contribution in [0.25, 0.3) is 6.08 Å². The molecule has 2 aromatic rings. The van der Waals surface area contributed by atoms with Crippen molar-refractivity contribution in [3.8, 4) is 0 Å². The van der Waals surface area contributed by atoms with Crippen LogP contribution in [0.1, 0.15) is 5.56 Å². The molecule has 108 valence electrons. The number of rotatable bonds is 3. The third kappa shape index (κ3) is 4.19. The van der Waals surface area contributed by atoms with Crippen LogP contribution in [0, 0.1) is 17.5 Å². The first-order chi connectivity index (χ1) is 9.95. The first kappa shape index (κ1) is 15.3. The summed E-state index contributed by atoms with van der Waals surface area (Å²) in [7, 11) is 0. The summed E-state index contributed by atoms with van der Waals surface area (Å²) in [6, 6.07) is 7.28. The fourth-order valence-electron chi connectivity index (χ4n) is 1.54. The molecule has 0 aliphatic carbocycles. The molecule has 2 aromatic carbocycles. The van der Waals surface area contributed by atoms with Crippen LogP contribution in [-0.4, -0.2) is 5.91 Å². The van der Waals surface area contributed by atoms with E-state index in [2.05, 4.69) is 21.2 Å². The molecule has 1 amide bonds. The molecule has 0 unspecified atom stereocenters. The summed E-state index contributed by atoms with van der Waals surface area (Å²) in [5.74, 6) is -2.45. The van der Waals surface area contributed by atoms with Crippen molar-refractivity contribution >= 4 is 33.6 Å². The molecule has 0 aliphatic heterocycles. The van der Waals surface area contributed by atoms with Gasteiger partial charge in [0.25, 0.3) is 0 Å². The average molecular weight is 356 g/mol. The molecule has 21 heavy (non-hydrogen) atoms. The second-order valence-electron chi connectivity index (χ2n) is 4.12. The molecule has 0 heterocycles. The molecule has 2 rings (SSSR count). The van der Waals surface area contributed by atoms with E-state index in [1.165, 1.54) is 30.3 Å². The molecular formula is C15H9BrF3NO. The maximum atomic E-state index is 13.5. The standard InChI is InChI=1S/C15H9BrF3NO/c16-11-7-13(19)14(8-12(11)18)20-15(21)6-3-9-1-4-10(17)5-2-9/h1-8H,(H,20,21)/b6-3+. The summed E-state index contributed by atoms with van der Waals surface area (Å²) in [6.07, 6.45) is 2.58. The lowest BCUT2D eigenvalue weighted by atomic mass is 10.2. The molecule has 0 atom stereocenters. The van der Waals surface area contributed by atoms with E-state index < -0.39 is 17.5 Å². The fraction of sp³-hybridized carbons (Fsp3) is 0. The zero-order chi connectivity index (χ0) is 15.4. The van der Waals surface area contributed by atoms with Gasteiger partial charge in [0, 0.05) is 12.1 Å². The Balaban J connectivity index is 2.08. The van der Waals surface area contributed by atoms with Gasteiger partial charge in [-0.3, -0.25) is 4.79 Å². The predicted molar refractivity (Wildman–Crippen MR) is 78.1 cm³/mol. The van der Waals surface area contributed by atoms with Crippen molar-refractivity contribution in [3.63, 3.8) is 0 Å². The Bertz CT molecular complexity index is 699. The third-order valence-corrected chi connectivity index (χ3v) is 3.17. The second kappa shape index (κ2) is 6.58. The summed E-state index contributed by atoms with van der Waals surface area (Å²) < 4.78 is 39.5. The Kier molecular flexibility index (Phi) is 4.80. The summed E-state index contributed by atoms with van der Waals surface area (Å²) in [4.78, 5) is 11.6. The normalized spacial score (nSPS) is 10.9. The van der Waals surface area contributed by atoms with Crippen molar-refractivity contribution in [1.29, 1.82) is 0 Å². The van der Waals surface area contributed by atoms with E-state index in [0.29, 0.717) is 5.56 Å². The number of hydrogen-bond donors (Lipinski definition) is 1. The van der Waals surface area contributed by atoms with Gasteiger partial charge in [0.05, 0.1) is 10.2 Å². The lowest BCUT2D eigenvalue weighted by Gasteiger charge is -2.05.